The Balaban J connectivity index is 2.61. The summed E-state index contributed by atoms with van der Waals surface area (Å²) in [7, 11) is -3.76. The van der Waals surface area contributed by atoms with Crippen LogP contribution in [0.15, 0.2) is 35.2 Å². The first-order valence-electron chi connectivity index (χ1n) is 6.35. The number of hydrogen-bond acceptors (Lipinski definition) is 4. The first-order valence-corrected chi connectivity index (χ1v) is 7.90. The smallest absolute Gasteiger partial charge is 0.251 e. The maximum atomic E-state index is 12.0. The largest absolute Gasteiger partial charge is 0.375 e. The summed E-state index contributed by atoms with van der Waals surface area (Å²) in [5.74, 6) is -0.285. The summed E-state index contributed by atoms with van der Waals surface area (Å²) >= 11 is 0. The lowest BCUT2D eigenvalue weighted by Gasteiger charge is -2.09. The Morgan fingerprint density at radius 2 is 2.10 bits per heavy atom. The summed E-state index contributed by atoms with van der Waals surface area (Å²) < 4.78 is 27.7. The molecule has 1 aromatic rings. The molecule has 0 radical (unpaired) electrons. The summed E-state index contributed by atoms with van der Waals surface area (Å²) in [6.07, 6.45) is 0. The van der Waals surface area contributed by atoms with Crippen LogP contribution in [-0.4, -0.2) is 34.1 Å². The van der Waals surface area contributed by atoms with Crippen molar-refractivity contribution >= 4 is 15.9 Å². The van der Waals surface area contributed by atoms with Crippen LogP contribution in [0.25, 0.3) is 0 Å². The van der Waals surface area contributed by atoms with Gasteiger partial charge in [-0.25, -0.2) is 13.6 Å². The van der Waals surface area contributed by atoms with Crippen LogP contribution in [0.2, 0.25) is 0 Å². The molecule has 0 spiro atoms. The Morgan fingerprint density at radius 1 is 1.43 bits per heavy atom. The third kappa shape index (κ3) is 5.66. The van der Waals surface area contributed by atoms with E-state index >= 15 is 0 Å². The van der Waals surface area contributed by atoms with E-state index in [9.17, 15) is 13.2 Å². The van der Waals surface area contributed by atoms with E-state index in [4.69, 9.17) is 9.88 Å². The lowest BCUT2D eigenvalue weighted by molar-refractivity contribution is 0.0926. The van der Waals surface area contributed by atoms with Crippen LogP contribution in [-0.2, 0) is 14.8 Å². The molecule has 1 rings (SSSR count). The predicted molar refractivity (Wildman–Crippen MR) is 80.5 cm³/mol. The zero-order chi connectivity index (χ0) is 16.0. The average molecular weight is 312 g/mol. The second kappa shape index (κ2) is 7.35. The minimum absolute atomic E-state index is 0.0126. The fourth-order valence-electron chi connectivity index (χ4n) is 1.65. The summed E-state index contributed by atoms with van der Waals surface area (Å²) in [6.45, 7) is 8.42. The number of amides is 1. The second-order valence-electron chi connectivity index (χ2n) is 4.79. The molecule has 0 saturated carbocycles. The third-order valence-corrected chi connectivity index (χ3v) is 3.56. The van der Waals surface area contributed by atoms with E-state index in [-0.39, 0.29) is 10.8 Å². The number of sulfonamides is 1. The van der Waals surface area contributed by atoms with Crippen molar-refractivity contribution in [3.05, 3.63) is 41.5 Å². The number of nitrogens with two attached hydrogens (primary N) is 1. The van der Waals surface area contributed by atoms with Crippen LogP contribution in [0, 0.1) is 6.92 Å². The summed E-state index contributed by atoms with van der Waals surface area (Å²) in [5, 5.41) is 7.74. The molecule has 0 atom stereocenters. The zero-order valence-electron chi connectivity index (χ0n) is 12.2. The van der Waals surface area contributed by atoms with Gasteiger partial charge in [-0.3, -0.25) is 4.79 Å². The van der Waals surface area contributed by atoms with Gasteiger partial charge in [0, 0.05) is 12.1 Å². The molecule has 1 aromatic carbocycles. The Bertz CT molecular complexity index is 638. The fraction of sp³-hybridized carbons (Fsp3) is 0.357. The van der Waals surface area contributed by atoms with Gasteiger partial charge in [-0.1, -0.05) is 12.2 Å². The molecule has 0 fully saturated rings. The van der Waals surface area contributed by atoms with Crippen molar-refractivity contribution in [3.63, 3.8) is 0 Å². The van der Waals surface area contributed by atoms with Crippen molar-refractivity contribution < 1.29 is 17.9 Å². The number of aryl methyl sites for hydroxylation is 1. The Hall–Kier alpha value is -1.70. The maximum absolute atomic E-state index is 12.0. The van der Waals surface area contributed by atoms with Gasteiger partial charge in [0.1, 0.15) is 0 Å². The van der Waals surface area contributed by atoms with Crippen LogP contribution >= 0.6 is 0 Å². The van der Waals surface area contributed by atoms with Crippen molar-refractivity contribution in [3.8, 4) is 0 Å². The molecule has 0 saturated heterocycles. The maximum Gasteiger partial charge on any atom is 0.251 e. The number of carbonyl (C=O) groups excluding carboxylic acids is 1. The van der Waals surface area contributed by atoms with Gasteiger partial charge in [-0.2, -0.15) is 0 Å². The van der Waals surface area contributed by atoms with Gasteiger partial charge in [0.2, 0.25) is 10.0 Å². The Kier molecular flexibility index (Phi) is 6.07. The number of benzene rings is 1. The second-order valence-corrected chi connectivity index (χ2v) is 6.35. The lowest BCUT2D eigenvalue weighted by Crippen LogP contribution is -2.28. The van der Waals surface area contributed by atoms with Crippen LogP contribution in [0.3, 0.4) is 0 Å². The van der Waals surface area contributed by atoms with Crippen LogP contribution in [0.1, 0.15) is 22.8 Å². The number of nitrogens with one attached hydrogen (secondary N) is 1. The quantitative estimate of drug-likeness (QED) is 0.579. The van der Waals surface area contributed by atoms with Crippen LogP contribution < -0.4 is 10.5 Å². The molecule has 0 heterocycles. The van der Waals surface area contributed by atoms with Gasteiger partial charge in [0.25, 0.3) is 5.91 Å². The first-order chi connectivity index (χ1) is 9.71. The molecule has 1 amide bonds. The molecule has 3 N–H and O–H groups in total. The highest BCUT2D eigenvalue weighted by atomic mass is 32.2. The van der Waals surface area contributed by atoms with E-state index in [1.165, 1.54) is 18.2 Å². The van der Waals surface area contributed by atoms with E-state index in [0.29, 0.717) is 30.9 Å². The van der Waals surface area contributed by atoms with Crippen LogP contribution in [0.4, 0.5) is 0 Å². The summed E-state index contributed by atoms with van der Waals surface area (Å²) in [6, 6.07) is 4.13. The van der Waals surface area contributed by atoms with Crippen molar-refractivity contribution in [2.45, 2.75) is 18.7 Å². The molecule has 0 aromatic heterocycles. The Morgan fingerprint density at radius 3 is 2.62 bits per heavy atom. The standard InChI is InChI=1S/C14H20N2O4S/c1-10(2)9-20-7-6-16-14(17)13-5-4-12(8-11(13)3)21(15,18)19/h4-5,8H,1,6-7,9H2,2-3H3,(H,16,17)(H2,15,18,19). The van der Waals surface area contributed by atoms with Crippen molar-refractivity contribution in [1.82, 2.24) is 5.32 Å². The lowest BCUT2D eigenvalue weighted by atomic mass is 10.1. The third-order valence-electron chi connectivity index (χ3n) is 2.65. The van der Waals surface area contributed by atoms with E-state index in [1.54, 1.807) is 6.92 Å². The fourth-order valence-corrected chi connectivity index (χ4v) is 2.25. The highest BCUT2D eigenvalue weighted by Crippen LogP contribution is 2.14. The van der Waals surface area contributed by atoms with E-state index in [0.717, 1.165) is 5.57 Å². The van der Waals surface area contributed by atoms with Crippen molar-refractivity contribution in [2.24, 2.45) is 5.14 Å². The molecule has 7 heteroatoms. The van der Waals surface area contributed by atoms with E-state index in [2.05, 4.69) is 11.9 Å². The highest BCUT2D eigenvalue weighted by Gasteiger charge is 2.13. The number of carbonyl (C=O) groups is 1. The normalized spacial score (nSPS) is 11.2. The van der Waals surface area contributed by atoms with E-state index in [1.807, 2.05) is 6.92 Å². The van der Waals surface area contributed by atoms with Crippen molar-refractivity contribution in [2.75, 3.05) is 19.8 Å². The molecule has 21 heavy (non-hydrogen) atoms. The zero-order valence-corrected chi connectivity index (χ0v) is 13.0. The minimum atomic E-state index is -3.76. The molecule has 6 nitrogen and oxygen atoms in total. The van der Waals surface area contributed by atoms with Gasteiger partial charge in [-0.15, -0.1) is 0 Å². The average Bonchev–Trinajstić information content (AvgIpc) is 2.36. The number of hydrogen-bond donors (Lipinski definition) is 2. The van der Waals surface area contributed by atoms with Crippen molar-refractivity contribution in [1.29, 1.82) is 0 Å². The summed E-state index contributed by atoms with van der Waals surface area (Å²) in [5.41, 5.74) is 1.86. The monoisotopic (exact) mass is 312 g/mol. The minimum Gasteiger partial charge on any atom is -0.375 e. The molecule has 0 unspecified atom stereocenters. The van der Waals surface area contributed by atoms with Gasteiger partial charge >= 0.3 is 0 Å². The topological polar surface area (TPSA) is 98.5 Å². The molecule has 0 bridgehead atoms. The summed E-state index contributed by atoms with van der Waals surface area (Å²) in [4.78, 5) is 11.9. The first kappa shape index (κ1) is 17.4. The van der Waals surface area contributed by atoms with E-state index < -0.39 is 10.0 Å². The number of rotatable bonds is 7. The molecule has 0 aliphatic carbocycles. The molecule has 0 aliphatic heterocycles. The van der Waals surface area contributed by atoms with Gasteiger partial charge in [0.05, 0.1) is 18.1 Å². The number of ether oxygens (including phenoxy) is 1. The van der Waals surface area contributed by atoms with Gasteiger partial charge in [-0.05, 0) is 37.6 Å². The molecule has 116 valence electrons. The SMILES string of the molecule is C=C(C)COCCNC(=O)c1ccc(S(N)(=O)=O)cc1C. The van der Waals surface area contributed by atoms with Crippen LogP contribution in [0.5, 0.6) is 0 Å². The van der Waals surface area contributed by atoms with Gasteiger partial charge < -0.3 is 10.1 Å². The molecular formula is C14H20N2O4S. The number of primary sulfonamides is 1. The molecular weight excluding hydrogens is 292 g/mol. The molecule has 0 aliphatic rings. The van der Waals surface area contributed by atoms with Gasteiger partial charge in [0.15, 0.2) is 0 Å². The highest BCUT2D eigenvalue weighted by molar-refractivity contribution is 7.89. The predicted octanol–water partition coefficient (Wildman–Crippen LogP) is 0.965. The Labute approximate surface area is 125 Å².